The van der Waals surface area contributed by atoms with Crippen molar-refractivity contribution in [3.05, 3.63) is 48.2 Å². The van der Waals surface area contributed by atoms with Crippen molar-refractivity contribution in [1.29, 1.82) is 0 Å². The maximum atomic E-state index is 12.5. The van der Waals surface area contributed by atoms with Crippen LogP contribution in [0.15, 0.2) is 42.5 Å². The summed E-state index contributed by atoms with van der Waals surface area (Å²) in [6.07, 6.45) is 1.74. The number of carbonyl (C=O) groups is 1. The van der Waals surface area contributed by atoms with Gasteiger partial charge in [0, 0.05) is 25.0 Å². The number of carbonyl (C=O) groups excluding carboxylic acids is 1. The maximum Gasteiger partial charge on any atom is 0.270 e. The van der Waals surface area contributed by atoms with E-state index in [9.17, 15) is 13.2 Å². The largest absolute Gasteiger partial charge is 0.351 e. The van der Waals surface area contributed by atoms with E-state index in [1.165, 1.54) is 6.26 Å². The number of nitrogens with one attached hydrogen (secondary N) is 1. The van der Waals surface area contributed by atoms with Crippen LogP contribution in [0.2, 0.25) is 0 Å². The predicted molar refractivity (Wildman–Crippen MR) is 85.4 cm³/mol. The van der Waals surface area contributed by atoms with Crippen molar-refractivity contribution in [3.8, 4) is 11.3 Å². The van der Waals surface area contributed by atoms with Crippen molar-refractivity contribution >= 4 is 15.7 Å². The summed E-state index contributed by atoms with van der Waals surface area (Å²) in [7, 11) is -3.09. The van der Waals surface area contributed by atoms with Crippen molar-refractivity contribution in [2.75, 3.05) is 19.3 Å². The Kier molecular flexibility index (Phi) is 3.78. The molecule has 2 aromatic rings. The zero-order valence-corrected chi connectivity index (χ0v) is 13.1. The number of aromatic nitrogens is 1. The topological polar surface area (TPSA) is 70.2 Å². The summed E-state index contributed by atoms with van der Waals surface area (Å²) in [4.78, 5) is 17.2. The van der Waals surface area contributed by atoms with Gasteiger partial charge in [-0.05, 0) is 24.1 Å². The summed E-state index contributed by atoms with van der Waals surface area (Å²) in [5.41, 5.74) is 2.38. The van der Waals surface area contributed by atoms with Crippen LogP contribution in [0.3, 0.4) is 0 Å². The van der Waals surface area contributed by atoms with E-state index in [2.05, 4.69) is 4.98 Å². The van der Waals surface area contributed by atoms with E-state index in [1.807, 2.05) is 36.4 Å². The number of benzene rings is 1. The molecule has 0 spiro atoms. The molecule has 22 heavy (non-hydrogen) atoms. The van der Waals surface area contributed by atoms with Gasteiger partial charge in [-0.3, -0.25) is 4.79 Å². The van der Waals surface area contributed by atoms with E-state index in [-0.39, 0.29) is 12.5 Å². The number of hydrogen-bond donors (Lipinski definition) is 1. The molecule has 5 nitrogen and oxygen atoms in total. The lowest BCUT2D eigenvalue weighted by Crippen LogP contribution is -2.31. The van der Waals surface area contributed by atoms with Crippen LogP contribution in [-0.4, -0.2) is 48.8 Å². The van der Waals surface area contributed by atoms with Crippen LogP contribution in [0.5, 0.6) is 0 Å². The molecule has 1 aliphatic heterocycles. The fourth-order valence-corrected chi connectivity index (χ4v) is 3.72. The van der Waals surface area contributed by atoms with Gasteiger partial charge in [0.1, 0.15) is 5.69 Å². The van der Waals surface area contributed by atoms with E-state index in [1.54, 1.807) is 11.0 Å². The Bertz CT molecular complexity index is 781. The van der Waals surface area contributed by atoms with Gasteiger partial charge in [0.05, 0.1) is 5.25 Å². The highest BCUT2D eigenvalue weighted by Gasteiger charge is 2.33. The highest BCUT2D eigenvalue weighted by atomic mass is 32.2. The Morgan fingerprint density at radius 3 is 2.55 bits per heavy atom. The third kappa shape index (κ3) is 2.92. The molecular formula is C16H18N2O3S. The van der Waals surface area contributed by atoms with Gasteiger partial charge in [0.15, 0.2) is 9.84 Å². The molecule has 1 unspecified atom stereocenters. The molecule has 0 saturated carbocycles. The van der Waals surface area contributed by atoms with Gasteiger partial charge >= 0.3 is 0 Å². The lowest BCUT2D eigenvalue weighted by atomic mass is 10.2. The summed E-state index contributed by atoms with van der Waals surface area (Å²) in [5, 5.41) is -0.444. The van der Waals surface area contributed by atoms with E-state index in [4.69, 9.17) is 0 Å². The van der Waals surface area contributed by atoms with Crippen molar-refractivity contribution < 1.29 is 13.2 Å². The van der Waals surface area contributed by atoms with Crippen LogP contribution >= 0.6 is 0 Å². The number of sulfone groups is 1. The first kappa shape index (κ1) is 14.8. The molecule has 3 rings (SSSR count). The standard InChI is InChI=1S/C16H18N2O3S/c1-22(20,21)13-9-10-18(11-13)16(19)15-8-7-14(17-15)12-5-3-2-4-6-12/h2-8,13,17H,9-11H2,1H3. The Labute approximate surface area is 129 Å². The molecule has 1 N–H and O–H groups in total. The summed E-state index contributed by atoms with van der Waals surface area (Å²) >= 11 is 0. The second-order valence-corrected chi connectivity index (χ2v) is 7.97. The molecule has 1 atom stereocenters. The molecule has 1 aliphatic rings. The molecule has 1 aromatic heterocycles. The van der Waals surface area contributed by atoms with Gasteiger partial charge in [-0.15, -0.1) is 0 Å². The van der Waals surface area contributed by atoms with Crippen molar-refractivity contribution in [2.24, 2.45) is 0 Å². The molecule has 2 heterocycles. The molecule has 0 aliphatic carbocycles. The maximum absolute atomic E-state index is 12.5. The quantitative estimate of drug-likeness (QED) is 0.940. The normalized spacial score (nSPS) is 18.6. The number of nitrogens with zero attached hydrogens (tertiary/aromatic N) is 1. The first-order valence-corrected chi connectivity index (χ1v) is 9.13. The minimum absolute atomic E-state index is 0.145. The Morgan fingerprint density at radius 1 is 1.18 bits per heavy atom. The Balaban J connectivity index is 1.76. The van der Waals surface area contributed by atoms with Gasteiger partial charge in [0.2, 0.25) is 0 Å². The van der Waals surface area contributed by atoms with Crippen LogP contribution in [0, 0.1) is 0 Å². The van der Waals surface area contributed by atoms with Gasteiger partial charge in [-0.2, -0.15) is 0 Å². The van der Waals surface area contributed by atoms with Crippen LogP contribution in [-0.2, 0) is 9.84 Å². The first-order valence-electron chi connectivity index (χ1n) is 7.18. The van der Waals surface area contributed by atoms with Crippen molar-refractivity contribution in [3.63, 3.8) is 0 Å². The smallest absolute Gasteiger partial charge is 0.270 e. The van der Waals surface area contributed by atoms with E-state index in [0.717, 1.165) is 11.3 Å². The highest BCUT2D eigenvalue weighted by molar-refractivity contribution is 7.91. The van der Waals surface area contributed by atoms with Crippen LogP contribution in [0.4, 0.5) is 0 Å². The van der Waals surface area contributed by atoms with Crippen LogP contribution in [0.25, 0.3) is 11.3 Å². The lowest BCUT2D eigenvalue weighted by Gasteiger charge is -2.15. The fourth-order valence-electron chi connectivity index (χ4n) is 2.74. The zero-order valence-electron chi connectivity index (χ0n) is 12.3. The second kappa shape index (κ2) is 5.61. The van der Waals surface area contributed by atoms with E-state index < -0.39 is 15.1 Å². The zero-order chi connectivity index (χ0) is 15.7. The Hall–Kier alpha value is -2.08. The third-order valence-corrected chi connectivity index (χ3v) is 5.63. The average Bonchev–Trinajstić information content (AvgIpc) is 3.16. The average molecular weight is 318 g/mol. The van der Waals surface area contributed by atoms with Gasteiger partial charge < -0.3 is 9.88 Å². The molecule has 1 aromatic carbocycles. The van der Waals surface area contributed by atoms with Crippen molar-refractivity contribution in [1.82, 2.24) is 9.88 Å². The Morgan fingerprint density at radius 2 is 1.91 bits per heavy atom. The number of hydrogen-bond acceptors (Lipinski definition) is 3. The fraction of sp³-hybridized carbons (Fsp3) is 0.312. The molecule has 1 fully saturated rings. The van der Waals surface area contributed by atoms with Crippen LogP contribution < -0.4 is 0 Å². The molecule has 0 bridgehead atoms. The molecule has 1 amide bonds. The monoisotopic (exact) mass is 318 g/mol. The van der Waals surface area contributed by atoms with Gasteiger partial charge in [-0.25, -0.2) is 8.42 Å². The molecule has 6 heteroatoms. The summed E-state index contributed by atoms with van der Waals surface area (Å²) < 4.78 is 23.2. The highest BCUT2D eigenvalue weighted by Crippen LogP contribution is 2.21. The number of H-pyrrole nitrogens is 1. The molecular weight excluding hydrogens is 300 g/mol. The van der Waals surface area contributed by atoms with Gasteiger partial charge in [-0.1, -0.05) is 30.3 Å². The second-order valence-electron chi connectivity index (χ2n) is 5.64. The summed E-state index contributed by atoms with van der Waals surface area (Å²) in [6, 6.07) is 13.4. The number of amides is 1. The SMILES string of the molecule is CS(=O)(=O)C1CCN(C(=O)c2ccc(-c3ccccc3)[nH]2)C1. The summed E-state index contributed by atoms with van der Waals surface area (Å²) in [6.45, 7) is 0.758. The van der Waals surface area contributed by atoms with Gasteiger partial charge in [0.25, 0.3) is 5.91 Å². The van der Waals surface area contributed by atoms with Crippen molar-refractivity contribution in [2.45, 2.75) is 11.7 Å². The van der Waals surface area contributed by atoms with Crippen LogP contribution in [0.1, 0.15) is 16.9 Å². The first-order chi connectivity index (χ1) is 10.4. The lowest BCUT2D eigenvalue weighted by molar-refractivity contribution is 0.0788. The summed E-state index contributed by atoms with van der Waals surface area (Å²) in [5.74, 6) is -0.145. The molecule has 0 radical (unpaired) electrons. The molecule has 116 valence electrons. The minimum atomic E-state index is -3.09. The minimum Gasteiger partial charge on any atom is -0.351 e. The predicted octanol–water partition coefficient (Wildman–Crippen LogP) is 1.94. The van der Waals surface area contributed by atoms with E-state index in [0.29, 0.717) is 18.7 Å². The van der Waals surface area contributed by atoms with E-state index >= 15 is 0 Å². The number of aromatic amines is 1. The third-order valence-electron chi connectivity index (χ3n) is 4.04. The number of likely N-dealkylation sites (tertiary alicyclic amines) is 1. The number of rotatable bonds is 3. The molecule has 1 saturated heterocycles.